The number of aromatic nitrogens is 3. The molecule has 5 heteroatoms. The minimum Gasteiger partial charge on any atom is -0.332 e. The molecule has 0 aliphatic rings. The molecule has 4 nitrogen and oxygen atoms in total. The molecule has 0 saturated carbocycles. The predicted molar refractivity (Wildman–Crippen MR) is 154 cm³/mol. The first-order valence-electron chi connectivity index (χ1n) is 12.4. The first-order valence-corrected chi connectivity index (χ1v) is 13.3. The van der Waals surface area contributed by atoms with Crippen molar-refractivity contribution in [3.8, 4) is 22.5 Å². The van der Waals surface area contributed by atoms with Gasteiger partial charge in [0.1, 0.15) is 0 Å². The third kappa shape index (κ3) is 4.25. The number of hydrogen-bond donors (Lipinski definition) is 1. The summed E-state index contributed by atoms with van der Waals surface area (Å²) in [5, 5.41) is 2.56. The highest BCUT2D eigenvalue weighted by molar-refractivity contribution is 8.00. The summed E-state index contributed by atoms with van der Waals surface area (Å²) in [7, 11) is 0. The number of fused-ring (bicyclic) bond motifs is 3. The Morgan fingerprint density at radius 2 is 1.27 bits per heavy atom. The van der Waals surface area contributed by atoms with Crippen LogP contribution in [0.5, 0.6) is 0 Å². The van der Waals surface area contributed by atoms with E-state index in [0.29, 0.717) is 0 Å². The third-order valence-corrected chi connectivity index (χ3v) is 7.76. The van der Waals surface area contributed by atoms with Crippen molar-refractivity contribution in [2.45, 2.75) is 31.2 Å². The van der Waals surface area contributed by atoms with E-state index in [1.165, 1.54) is 22.9 Å². The minimum atomic E-state index is -0.345. The number of thioether (sulfide) groups is 1. The number of nitrogens with one attached hydrogen (secondary N) is 1. The molecule has 182 valence electrons. The highest BCUT2D eigenvalue weighted by atomic mass is 32.2. The van der Waals surface area contributed by atoms with Gasteiger partial charge in [0.2, 0.25) is 5.91 Å². The van der Waals surface area contributed by atoms with Crippen LogP contribution in [0.25, 0.3) is 44.3 Å². The molecule has 2 heterocycles. The lowest BCUT2D eigenvalue weighted by molar-refractivity contribution is 0.0925. The monoisotopic (exact) mass is 501 g/mol. The number of aromatic amines is 1. The second-order valence-corrected chi connectivity index (χ2v) is 10.8. The summed E-state index contributed by atoms with van der Waals surface area (Å²) in [5.74, 6) is 0.0348. The summed E-state index contributed by atoms with van der Waals surface area (Å²) in [4.78, 5) is 22.4. The molecule has 1 N–H and O–H groups in total. The molecule has 0 aliphatic heterocycles. The molecule has 0 amide bonds. The van der Waals surface area contributed by atoms with Gasteiger partial charge in [0, 0.05) is 21.9 Å². The molecule has 37 heavy (non-hydrogen) atoms. The quantitative estimate of drug-likeness (QED) is 0.242. The second kappa shape index (κ2) is 9.41. The fourth-order valence-corrected chi connectivity index (χ4v) is 5.66. The van der Waals surface area contributed by atoms with Crippen LogP contribution in [0.2, 0.25) is 0 Å². The maximum atomic E-state index is 13.8. The second-order valence-electron chi connectivity index (χ2n) is 9.47. The van der Waals surface area contributed by atoms with E-state index in [1.807, 2.05) is 47.9 Å². The van der Waals surface area contributed by atoms with Gasteiger partial charge < -0.3 is 4.98 Å². The largest absolute Gasteiger partial charge is 0.332 e. The molecular weight excluding hydrogens is 474 g/mol. The highest BCUT2D eigenvalue weighted by Crippen LogP contribution is 2.35. The lowest BCUT2D eigenvalue weighted by Crippen LogP contribution is -2.21. The molecule has 1 atom stereocenters. The normalized spacial score (nSPS) is 12.3. The first kappa shape index (κ1) is 23.3. The van der Waals surface area contributed by atoms with Crippen molar-refractivity contribution < 1.29 is 4.79 Å². The zero-order chi connectivity index (χ0) is 25.5. The van der Waals surface area contributed by atoms with Crippen molar-refractivity contribution in [3.05, 3.63) is 108 Å². The third-order valence-electron chi connectivity index (χ3n) is 6.78. The van der Waals surface area contributed by atoms with Crippen LogP contribution in [-0.2, 0) is 0 Å². The van der Waals surface area contributed by atoms with Gasteiger partial charge in [0.05, 0.1) is 27.7 Å². The van der Waals surface area contributed by atoms with Crippen LogP contribution in [-0.4, -0.2) is 25.7 Å². The maximum Gasteiger partial charge on any atom is 0.244 e. The number of H-pyrrole nitrogens is 1. The van der Waals surface area contributed by atoms with Gasteiger partial charge in [0.25, 0.3) is 0 Å². The fraction of sp³-hybridized carbons (Fsp3) is 0.125. The zero-order valence-corrected chi connectivity index (χ0v) is 21.8. The molecule has 6 aromatic rings. The summed E-state index contributed by atoms with van der Waals surface area (Å²) < 4.78 is 1.85. The lowest BCUT2D eigenvalue weighted by Gasteiger charge is -2.11. The van der Waals surface area contributed by atoms with Gasteiger partial charge in [-0.1, -0.05) is 108 Å². The van der Waals surface area contributed by atoms with Crippen LogP contribution in [0.15, 0.2) is 102 Å². The van der Waals surface area contributed by atoms with Crippen molar-refractivity contribution in [2.24, 2.45) is 0 Å². The van der Waals surface area contributed by atoms with E-state index in [9.17, 15) is 4.79 Å². The van der Waals surface area contributed by atoms with E-state index in [0.717, 1.165) is 49.5 Å². The van der Waals surface area contributed by atoms with E-state index in [2.05, 4.69) is 79.5 Å². The maximum absolute atomic E-state index is 13.8. The smallest absolute Gasteiger partial charge is 0.244 e. The molecule has 0 bridgehead atoms. The van der Waals surface area contributed by atoms with Gasteiger partial charge in [-0.3, -0.25) is 9.36 Å². The Morgan fingerprint density at radius 1 is 0.757 bits per heavy atom. The van der Waals surface area contributed by atoms with Crippen molar-refractivity contribution in [1.29, 1.82) is 0 Å². The summed E-state index contributed by atoms with van der Waals surface area (Å²) in [5.41, 5.74) is 8.25. The Balaban J connectivity index is 1.39. The van der Waals surface area contributed by atoms with Crippen LogP contribution in [0.4, 0.5) is 0 Å². The summed E-state index contributed by atoms with van der Waals surface area (Å²) in [6.45, 7) is 6.12. The highest BCUT2D eigenvalue weighted by Gasteiger charge is 2.24. The summed E-state index contributed by atoms with van der Waals surface area (Å²) in [6, 6.07) is 33.0. The van der Waals surface area contributed by atoms with Gasteiger partial charge in [-0.25, -0.2) is 4.98 Å². The Labute approximate surface area is 220 Å². The molecule has 6 rings (SSSR count). The number of imidazole rings is 1. The Bertz CT molecular complexity index is 1630. The molecule has 0 spiro atoms. The van der Waals surface area contributed by atoms with E-state index in [1.54, 1.807) is 0 Å². The van der Waals surface area contributed by atoms with Crippen LogP contribution in [0.1, 0.15) is 22.8 Å². The van der Waals surface area contributed by atoms with Crippen LogP contribution < -0.4 is 0 Å². The van der Waals surface area contributed by atoms with Crippen molar-refractivity contribution in [3.63, 3.8) is 0 Å². The fourth-order valence-electron chi connectivity index (χ4n) is 4.82. The zero-order valence-electron chi connectivity index (χ0n) is 21.0. The predicted octanol–water partition coefficient (Wildman–Crippen LogP) is 8.29. The summed E-state index contributed by atoms with van der Waals surface area (Å²) >= 11 is 1.46. The van der Waals surface area contributed by atoms with Crippen molar-refractivity contribution >= 4 is 39.5 Å². The number of para-hydroxylation sites is 2. The number of benzene rings is 4. The topological polar surface area (TPSA) is 50.7 Å². The van der Waals surface area contributed by atoms with Crippen LogP contribution in [0.3, 0.4) is 0 Å². The Morgan fingerprint density at radius 3 is 1.84 bits per heavy atom. The summed E-state index contributed by atoms with van der Waals surface area (Å²) in [6.07, 6.45) is 0. The molecule has 0 radical (unpaired) electrons. The molecule has 0 saturated heterocycles. The molecule has 0 aliphatic carbocycles. The minimum absolute atomic E-state index is 0.0348. The van der Waals surface area contributed by atoms with E-state index >= 15 is 0 Å². The van der Waals surface area contributed by atoms with Gasteiger partial charge in [-0.2, -0.15) is 0 Å². The van der Waals surface area contributed by atoms with Gasteiger partial charge in [-0.15, -0.1) is 0 Å². The lowest BCUT2D eigenvalue weighted by atomic mass is 10.0. The van der Waals surface area contributed by atoms with Gasteiger partial charge in [-0.05, 0) is 32.9 Å². The van der Waals surface area contributed by atoms with Gasteiger partial charge >= 0.3 is 0 Å². The number of hydrogen-bond acceptors (Lipinski definition) is 3. The first-order chi connectivity index (χ1) is 18.0. The molecule has 0 fully saturated rings. The van der Waals surface area contributed by atoms with Gasteiger partial charge in [0.15, 0.2) is 5.16 Å². The van der Waals surface area contributed by atoms with E-state index in [4.69, 9.17) is 4.98 Å². The SMILES string of the molecule is Cc1ccc(-c2nc(SC(C)C(=O)n3c4ccccc4c4ccccc43)[nH]c2-c2ccc(C)cc2)cc1. The standard InChI is InChI=1S/C32H27N3OS/c1-20-12-16-23(17-13-20)29-30(24-18-14-21(2)15-19-24)34-32(33-29)37-22(3)31(36)35-27-10-6-4-8-25(27)26-9-5-7-11-28(26)35/h4-19,22H,1-3H3,(H,33,34). The van der Waals surface area contributed by atoms with Crippen molar-refractivity contribution in [2.75, 3.05) is 0 Å². The molecule has 2 aromatic heterocycles. The van der Waals surface area contributed by atoms with E-state index < -0.39 is 0 Å². The number of rotatable bonds is 5. The van der Waals surface area contributed by atoms with Crippen LogP contribution >= 0.6 is 11.8 Å². The van der Waals surface area contributed by atoms with Crippen LogP contribution in [0, 0.1) is 13.8 Å². The average Bonchev–Trinajstić information content (AvgIpc) is 3.48. The average molecular weight is 502 g/mol. The Kier molecular flexibility index (Phi) is 5.93. The van der Waals surface area contributed by atoms with E-state index in [-0.39, 0.29) is 11.2 Å². The van der Waals surface area contributed by atoms with Crippen molar-refractivity contribution in [1.82, 2.24) is 14.5 Å². The number of carbonyl (C=O) groups excluding carboxylic acids is 1. The molecule has 4 aromatic carbocycles. The molecule has 1 unspecified atom stereocenters. The molecular formula is C32H27N3OS. The number of carbonyl (C=O) groups is 1. The Hall–Kier alpha value is -4.09. The number of nitrogens with zero attached hydrogens (tertiary/aromatic N) is 2. The number of aryl methyl sites for hydroxylation is 2.